The minimum atomic E-state index is -0.784. The lowest BCUT2D eigenvalue weighted by Gasteiger charge is -2.62. The van der Waals surface area contributed by atoms with Crippen LogP contribution in [0.2, 0.25) is 0 Å². The summed E-state index contributed by atoms with van der Waals surface area (Å²) in [7, 11) is 0. The third kappa shape index (κ3) is 2.80. The fourth-order valence-corrected chi connectivity index (χ4v) is 7.18. The van der Waals surface area contributed by atoms with Crippen molar-refractivity contribution in [2.24, 2.45) is 39.9 Å². The van der Waals surface area contributed by atoms with Crippen LogP contribution in [0.5, 0.6) is 0 Å². The van der Waals surface area contributed by atoms with Gasteiger partial charge in [-0.3, -0.25) is 4.79 Å². The molecule has 0 radical (unpaired) electrons. The lowest BCUT2D eigenvalue weighted by molar-refractivity contribution is -0.200. The minimum Gasteiger partial charge on any atom is -0.460 e. The molecular weight excluding hydrogens is 356 g/mol. The van der Waals surface area contributed by atoms with Crippen molar-refractivity contribution < 1.29 is 24.5 Å². The van der Waals surface area contributed by atoms with Gasteiger partial charge in [-0.05, 0) is 55.8 Å². The fourth-order valence-electron chi connectivity index (χ4n) is 7.18. The molecule has 0 heterocycles. The summed E-state index contributed by atoms with van der Waals surface area (Å²) >= 11 is 0. The molecule has 3 aliphatic rings. The quantitative estimate of drug-likeness (QED) is 0.567. The molecule has 0 aliphatic heterocycles. The van der Waals surface area contributed by atoms with Crippen molar-refractivity contribution in [3.05, 3.63) is 12.7 Å². The first kappa shape index (κ1) is 21.5. The van der Waals surface area contributed by atoms with Crippen LogP contribution in [0.15, 0.2) is 12.7 Å². The van der Waals surface area contributed by atoms with Gasteiger partial charge >= 0.3 is 5.97 Å². The van der Waals surface area contributed by atoms with Gasteiger partial charge in [0, 0.05) is 29.8 Å². The van der Waals surface area contributed by atoms with Gasteiger partial charge in [-0.2, -0.15) is 0 Å². The number of hydrogen-bond donors (Lipinski definition) is 2. The summed E-state index contributed by atoms with van der Waals surface area (Å²) in [6.07, 6.45) is 5.34. The molecule has 0 aromatic rings. The zero-order chi connectivity index (χ0) is 20.9. The monoisotopic (exact) mass is 392 g/mol. The number of ether oxygens (including phenoxy) is 1. The zero-order valence-corrected chi connectivity index (χ0v) is 17.7. The Morgan fingerprint density at radius 2 is 1.89 bits per heavy atom. The molecule has 3 saturated carbocycles. The number of carbonyl (C=O) groups is 2. The average Bonchev–Trinajstić information content (AvgIpc) is 3.09. The number of Topliss-reactive ketones (excluding diaryl/α,β-unsaturated/α-hetero) is 1. The van der Waals surface area contributed by atoms with E-state index in [-0.39, 0.29) is 46.9 Å². The molecule has 28 heavy (non-hydrogen) atoms. The first-order chi connectivity index (χ1) is 13.1. The summed E-state index contributed by atoms with van der Waals surface area (Å²) in [5.41, 5.74) is -1.33. The van der Waals surface area contributed by atoms with Gasteiger partial charge in [0.05, 0.1) is 0 Å². The highest BCUT2D eigenvalue weighted by Gasteiger charge is 2.67. The lowest BCUT2D eigenvalue weighted by atomic mass is 9.43. The summed E-state index contributed by atoms with van der Waals surface area (Å²) in [5.74, 6) is -0.125. The summed E-state index contributed by atoms with van der Waals surface area (Å²) in [4.78, 5) is 25.8. The number of aliphatic hydroxyl groups excluding tert-OH is 2. The fraction of sp³-hybridized carbons (Fsp3) is 0.826. The predicted molar refractivity (Wildman–Crippen MR) is 106 cm³/mol. The van der Waals surface area contributed by atoms with E-state index in [1.54, 1.807) is 6.08 Å². The van der Waals surface area contributed by atoms with Crippen LogP contribution in [-0.2, 0) is 14.3 Å². The Morgan fingerprint density at radius 3 is 2.46 bits per heavy atom. The molecule has 5 nitrogen and oxygen atoms in total. The number of carbonyl (C=O) groups excluding carboxylic acids is 2. The van der Waals surface area contributed by atoms with E-state index in [1.165, 1.54) is 0 Å². The molecule has 8 atom stereocenters. The molecule has 0 aromatic heterocycles. The van der Waals surface area contributed by atoms with Crippen LogP contribution in [-0.4, -0.2) is 41.3 Å². The van der Waals surface area contributed by atoms with Crippen LogP contribution in [0.4, 0.5) is 0 Å². The Hall–Kier alpha value is -1.20. The second-order valence-electron chi connectivity index (χ2n) is 10.0. The highest BCUT2D eigenvalue weighted by atomic mass is 16.6. The van der Waals surface area contributed by atoms with Crippen molar-refractivity contribution in [1.29, 1.82) is 0 Å². The Kier molecular flexibility index (Phi) is 5.56. The highest BCUT2D eigenvalue weighted by molar-refractivity contribution is 5.89. The molecular formula is C23H36O5. The van der Waals surface area contributed by atoms with Crippen molar-refractivity contribution in [1.82, 2.24) is 0 Å². The van der Waals surface area contributed by atoms with E-state index in [0.29, 0.717) is 6.42 Å². The molecule has 3 rings (SSSR count). The number of rotatable bonds is 4. The summed E-state index contributed by atoms with van der Waals surface area (Å²) in [6.45, 7) is 11.7. The molecule has 3 fully saturated rings. The maximum absolute atomic E-state index is 13.6. The number of esters is 1. The van der Waals surface area contributed by atoms with Crippen LogP contribution < -0.4 is 0 Å². The Bertz CT molecular complexity index is 659. The standard InChI is InChI=1S/C23H36O5/c1-6-21(4)11-17(28-18(26)13-25)22(5)14(2)7-9-23(15(3)20(21)27)10-8-16(12-24)19(22)23/h6,14-17,19,24-25H,1,7-13H2,2-5H3/t14-,15+,16?,17-,19?,21-,22+,23+/m1/s1. The first-order valence-electron chi connectivity index (χ1n) is 10.7. The van der Waals surface area contributed by atoms with Gasteiger partial charge in [-0.15, -0.1) is 6.58 Å². The zero-order valence-electron chi connectivity index (χ0n) is 17.7. The van der Waals surface area contributed by atoms with E-state index in [4.69, 9.17) is 4.74 Å². The smallest absolute Gasteiger partial charge is 0.332 e. The van der Waals surface area contributed by atoms with Crippen molar-refractivity contribution in [3.8, 4) is 0 Å². The molecule has 2 bridgehead atoms. The van der Waals surface area contributed by atoms with Crippen LogP contribution in [0.1, 0.15) is 59.8 Å². The van der Waals surface area contributed by atoms with E-state index in [2.05, 4.69) is 27.4 Å². The van der Waals surface area contributed by atoms with Gasteiger partial charge in [-0.25, -0.2) is 4.79 Å². The molecule has 0 spiro atoms. The summed E-state index contributed by atoms with van der Waals surface area (Å²) in [6, 6.07) is 0. The van der Waals surface area contributed by atoms with Crippen molar-refractivity contribution in [3.63, 3.8) is 0 Å². The van der Waals surface area contributed by atoms with Crippen LogP contribution in [0, 0.1) is 39.9 Å². The number of allylic oxidation sites excluding steroid dienone is 1. The second kappa shape index (κ2) is 7.24. The van der Waals surface area contributed by atoms with Gasteiger partial charge in [0.2, 0.25) is 0 Å². The van der Waals surface area contributed by atoms with Crippen molar-refractivity contribution in [2.75, 3.05) is 13.2 Å². The predicted octanol–water partition coefficient (Wildman–Crippen LogP) is 3.13. The SMILES string of the molecule is C=C[C@]1(C)C[C@@H](OC(=O)CO)[C@@]2(C)C3C(CO)CC[C@@]3(CC[C@H]2C)[C@@H](C)C1=O. The molecule has 0 amide bonds. The van der Waals surface area contributed by atoms with Gasteiger partial charge < -0.3 is 14.9 Å². The second-order valence-corrected chi connectivity index (χ2v) is 10.0. The first-order valence-corrected chi connectivity index (χ1v) is 10.7. The minimum absolute atomic E-state index is 0.0923. The number of aliphatic hydroxyl groups is 2. The van der Waals surface area contributed by atoms with E-state index >= 15 is 0 Å². The molecule has 2 unspecified atom stereocenters. The van der Waals surface area contributed by atoms with Crippen molar-refractivity contribution in [2.45, 2.75) is 65.9 Å². The summed E-state index contributed by atoms with van der Waals surface area (Å²) in [5, 5.41) is 19.5. The largest absolute Gasteiger partial charge is 0.460 e. The van der Waals surface area contributed by atoms with Gasteiger partial charge in [-0.1, -0.05) is 26.8 Å². The third-order valence-corrected chi connectivity index (χ3v) is 9.06. The van der Waals surface area contributed by atoms with Crippen molar-refractivity contribution >= 4 is 11.8 Å². The lowest BCUT2D eigenvalue weighted by Crippen LogP contribution is -2.62. The Balaban J connectivity index is 2.22. The Labute approximate surface area is 168 Å². The average molecular weight is 393 g/mol. The van der Waals surface area contributed by atoms with Crippen LogP contribution in [0.25, 0.3) is 0 Å². The number of ketones is 1. The van der Waals surface area contributed by atoms with Gasteiger partial charge in [0.15, 0.2) is 0 Å². The molecule has 5 heteroatoms. The van der Waals surface area contributed by atoms with E-state index < -0.39 is 24.1 Å². The third-order valence-electron chi connectivity index (χ3n) is 9.06. The summed E-state index contributed by atoms with van der Waals surface area (Å²) < 4.78 is 5.84. The maximum Gasteiger partial charge on any atom is 0.332 e. The van der Waals surface area contributed by atoms with Crippen LogP contribution in [0.3, 0.4) is 0 Å². The number of hydrogen-bond acceptors (Lipinski definition) is 5. The molecule has 3 aliphatic carbocycles. The van der Waals surface area contributed by atoms with E-state index in [9.17, 15) is 19.8 Å². The normalized spacial score (nSPS) is 48.4. The molecule has 0 aromatic carbocycles. The maximum atomic E-state index is 13.6. The molecule has 2 N–H and O–H groups in total. The highest BCUT2D eigenvalue weighted by Crippen LogP contribution is 2.69. The molecule has 158 valence electrons. The Morgan fingerprint density at radius 1 is 1.25 bits per heavy atom. The topological polar surface area (TPSA) is 83.8 Å². The van der Waals surface area contributed by atoms with Gasteiger partial charge in [0.25, 0.3) is 0 Å². The molecule has 0 saturated heterocycles. The van der Waals surface area contributed by atoms with Gasteiger partial charge in [0.1, 0.15) is 18.5 Å². The van der Waals surface area contributed by atoms with Crippen LogP contribution >= 0.6 is 0 Å². The van der Waals surface area contributed by atoms with E-state index in [0.717, 1.165) is 25.7 Å². The van der Waals surface area contributed by atoms with E-state index in [1.807, 2.05) is 6.92 Å².